The van der Waals surface area contributed by atoms with Crippen LogP contribution in [0.15, 0.2) is 29.6 Å². The molecule has 0 aliphatic rings. The molecule has 1 atom stereocenters. The van der Waals surface area contributed by atoms with Crippen molar-refractivity contribution in [1.82, 2.24) is 15.6 Å². The first kappa shape index (κ1) is 17.8. The summed E-state index contributed by atoms with van der Waals surface area (Å²) in [6.07, 6.45) is 0. The zero-order valence-electron chi connectivity index (χ0n) is 13.8. The number of nitrogens with zero attached hydrogens (tertiary/aromatic N) is 1. The van der Waals surface area contributed by atoms with E-state index in [2.05, 4.69) is 41.8 Å². The van der Waals surface area contributed by atoms with E-state index in [1.54, 1.807) is 11.3 Å². The molecule has 0 radical (unpaired) electrons. The van der Waals surface area contributed by atoms with Crippen molar-refractivity contribution < 1.29 is 4.79 Å². The van der Waals surface area contributed by atoms with Gasteiger partial charge in [0.25, 0.3) is 0 Å². The summed E-state index contributed by atoms with van der Waals surface area (Å²) in [5.41, 5.74) is 2.07. The number of hydrogen-bond donors (Lipinski definition) is 2. The quantitative estimate of drug-likeness (QED) is 0.842. The fourth-order valence-corrected chi connectivity index (χ4v) is 3.10. The number of hydrogen-bond acceptors (Lipinski definition) is 3. The minimum atomic E-state index is -0.208. The number of benzene rings is 1. The average Bonchev–Trinajstić information content (AvgIpc) is 2.96. The molecule has 124 valence electrons. The van der Waals surface area contributed by atoms with Crippen LogP contribution in [0.2, 0.25) is 5.02 Å². The fourth-order valence-electron chi connectivity index (χ4n) is 1.92. The lowest BCUT2D eigenvalue weighted by Gasteiger charge is -2.15. The molecule has 1 unspecified atom stereocenters. The third-order valence-electron chi connectivity index (χ3n) is 3.37. The lowest BCUT2D eigenvalue weighted by molar-refractivity contribution is 0.237. The Morgan fingerprint density at radius 2 is 1.96 bits per heavy atom. The molecule has 0 fully saturated rings. The molecule has 1 aromatic carbocycles. The van der Waals surface area contributed by atoms with Crippen molar-refractivity contribution in [2.45, 2.75) is 45.7 Å². The van der Waals surface area contributed by atoms with Gasteiger partial charge in [0.05, 0.1) is 11.7 Å². The lowest BCUT2D eigenvalue weighted by atomic mass is 9.93. The second kappa shape index (κ2) is 7.32. The van der Waals surface area contributed by atoms with E-state index in [1.165, 1.54) is 0 Å². The predicted molar refractivity (Wildman–Crippen MR) is 96.1 cm³/mol. The topological polar surface area (TPSA) is 54.0 Å². The summed E-state index contributed by atoms with van der Waals surface area (Å²) in [4.78, 5) is 16.6. The molecule has 0 bridgehead atoms. The third-order valence-corrected chi connectivity index (χ3v) is 4.65. The van der Waals surface area contributed by atoms with E-state index in [9.17, 15) is 4.79 Å². The molecule has 2 rings (SSSR count). The maximum Gasteiger partial charge on any atom is 0.315 e. The van der Waals surface area contributed by atoms with E-state index < -0.39 is 0 Å². The monoisotopic (exact) mass is 351 g/mol. The van der Waals surface area contributed by atoms with Gasteiger partial charge in [0, 0.05) is 22.4 Å². The Kier molecular flexibility index (Phi) is 5.65. The van der Waals surface area contributed by atoms with Gasteiger partial charge in [-0.25, -0.2) is 9.78 Å². The van der Waals surface area contributed by atoms with Crippen LogP contribution >= 0.6 is 22.9 Å². The Hall–Kier alpha value is -1.59. The largest absolute Gasteiger partial charge is 0.334 e. The summed E-state index contributed by atoms with van der Waals surface area (Å²) in [6.45, 7) is 8.78. The van der Waals surface area contributed by atoms with Gasteiger partial charge >= 0.3 is 6.03 Å². The highest BCUT2D eigenvalue weighted by atomic mass is 35.5. The van der Waals surface area contributed by atoms with Crippen molar-refractivity contribution in [2.75, 3.05) is 0 Å². The minimum Gasteiger partial charge on any atom is -0.334 e. The van der Waals surface area contributed by atoms with Crippen molar-refractivity contribution >= 4 is 29.0 Å². The van der Waals surface area contributed by atoms with Crippen LogP contribution in [-0.4, -0.2) is 11.0 Å². The van der Waals surface area contributed by atoms with Crippen LogP contribution in [0.5, 0.6) is 0 Å². The van der Waals surface area contributed by atoms with Gasteiger partial charge < -0.3 is 10.6 Å². The van der Waals surface area contributed by atoms with E-state index in [0.717, 1.165) is 16.3 Å². The van der Waals surface area contributed by atoms with Gasteiger partial charge in [-0.3, -0.25) is 0 Å². The second-order valence-corrected chi connectivity index (χ2v) is 7.82. The normalized spacial score (nSPS) is 12.7. The fraction of sp³-hybridized carbons (Fsp3) is 0.412. The number of urea groups is 1. The molecule has 6 heteroatoms. The van der Waals surface area contributed by atoms with Crippen molar-refractivity contribution in [1.29, 1.82) is 0 Å². The molecule has 2 amide bonds. The van der Waals surface area contributed by atoms with E-state index in [0.29, 0.717) is 11.6 Å². The standard InChI is InChI=1S/C17H22ClN3OS/c1-11(15-21-14(10-23-15)17(2,3)4)20-16(22)19-9-12-5-7-13(18)8-6-12/h5-8,10-11H,9H2,1-4H3,(H2,19,20,22). The van der Waals surface area contributed by atoms with Crippen LogP contribution < -0.4 is 10.6 Å². The SMILES string of the molecule is CC(NC(=O)NCc1ccc(Cl)cc1)c1nc(C(C)(C)C)cs1. The summed E-state index contributed by atoms with van der Waals surface area (Å²) in [6, 6.07) is 7.07. The number of halogens is 1. The van der Waals surface area contributed by atoms with E-state index >= 15 is 0 Å². The molecule has 2 aromatic rings. The predicted octanol–water partition coefficient (Wildman–Crippen LogP) is 4.65. The molecular formula is C17H22ClN3OS. The molecule has 0 spiro atoms. The van der Waals surface area contributed by atoms with Crippen molar-refractivity contribution in [3.05, 3.63) is 50.9 Å². The van der Waals surface area contributed by atoms with E-state index in [-0.39, 0.29) is 17.5 Å². The van der Waals surface area contributed by atoms with Gasteiger partial charge in [0.2, 0.25) is 0 Å². The lowest BCUT2D eigenvalue weighted by Crippen LogP contribution is -2.36. The summed E-state index contributed by atoms with van der Waals surface area (Å²) < 4.78 is 0. The van der Waals surface area contributed by atoms with Crippen LogP contribution in [-0.2, 0) is 12.0 Å². The molecule has 2 N–H and O–H groups in total. The van der Waals surface area contributed by atoms with Crippen LogP contribution in [0.4, 0.5) is 4.79 Å². The molecular weight excluding hydrogens is 330 g/mol. The van der Waals surface area contributed by atoms with Gasteiger partial charge in [0.1, 0.15) is 5.01 Å². The number of thiazole rings is 1. The van der Waals surface area contributed by atoms with Gasteiger partial charge in [-0.15, -0.1) is 11.3 Å². The Morgan fingerprint density at radius 3 is 2.52 bits per heavy atom. The molecule has 0 saturated carbocycles. The van der Waals surface area contributed by atoms with Crippen molar-refractivity contribution in [3.63, 3.8) is 0 Å². The van der Waals surface area contributed by atoms with Gasteiger partial charge in [-0.05, 0) is 24.6 Å². The first-order valence-electron chi connectivity index (χ1n) is 7.50. The van der Waals surface area contributed by atoms with E-state index in [4.69, 9.17) is 11.6 Å². The maximum absolute atomic E-state index is 12.0. The van der Waals surface area contributed by atoms with Crippen LogP contribution in [0.3, 0.4) is 0 Å². The van der Waals surface area contributed by atoms with Gasteiger partial charge in [0.15, 0.2) is 0 Å². The van der Waals surface area contributed by atoms with Crippen LogP contribution in [0, 0.1) is 0 Å². The maximum atomic E-state index is 12.0. The molecule has 23 heavy (non-hydrogen) atoms. The molecule has 1 heterocycles. The summed E-state index contributed by atoms with van der Waals surface area (Å²) >= 11 is 7.41. The second-order valence-electron chi connectivity index (χ2n) is 6.50. The molecule has 0 aliphatic carbocycles. The Morgan fingerprint density at radius 1 is 1.30 bits per heavy atom. The van der Waals surface area contributed by atoms with Gasteiger partial charge in [-0.1, -0.05) is 44.5 Å². The van der Waals surface area contributed by atoms with Gasteiger partial charge in [-0.2, -0.15) is 0 Å². The highest BCUT2D eigenvalue weighted by Gasteiger charge is 2.20. The molecule has 0 saturated heterocycles. The highest BCUT2D eigenvalue weighted by Crippen LogP contribution is 2.26. The average molecular weight is 352 g/mol. The summed E-state index contributed by atoms with van der Waals surface area (Å²) in [5.74, 6) is 0. The van der Waals surface area contributed by atoms with Crippen molar-refractivity contribution in [3.8, 4) is 0 Å². The summed E-state index contributed by atoms with van der Waals surface area (Å²) in [7, 11) is 0. The highest BCUT2D eigenvalue weighted by molar-refractivity contribution is 7.09. The van der Waals surface area contributed by atoms with Crippen molar-refractivity contribution in [2.24, 2.45) is 0 Å². The third kappa shape index (κ3) is 5.22. The Bertz CT molecular complexity index is 661. The zero-order valence-corrected chi connectivity index (χ0v) is 15.4. The number of carbonyl (C=O) groups excluding carboxylic acids is 1. The molecule has 0 aliphatic heterocycles. The van der Waals surface area contributed by atoms with Crippen LogP contribution in [0.1, 0.15) is 50.0 Å². The number of rotatable bonds is 4. The summed E-state index contributed by atoms with van der Waals surface area (Å²) in [5, 5.41) is 9.41. The zero-order chi connectivity index (χ0) is 17.0. The minimum absolute atomic E-state index is 0.0192. The smallest absolute Gasteiger partial charge is 0.315 e. The van der Waals surface area contributed by atoms with E-state index in [1.807, 2.05) is 31.2 Å². The Labute approximate surface area is 146 Å². The molecule has 4 nitrogen and oxygen atoms in total. The first-order valence-corrected chi connectivity index (χ1v) is 8.76. The first-order chi connectivity index (χ1) is 10.8. The number of nitrogens with one attached hydrogen (secondary N) is 2. The van der Waals surface area contributed by atoms with Crippen LogP contribution in [0.25, 0.3) is 0 Å². The molecule has 1 aromatic heterocycles. The Balaban J connectivity index is 1.87. The number of carbonyl (C=O) groups is 1. The number of aromatic nitrogens is 1. The number of amides is 2.